The van der Waals surface area contributed by atoms with Gasteiger partial charge in [0.05, 0.1) is 6.20 Å². The van der Waals surface area contributed by atoms with Crippen molar-refractivity contribution in [1.82, 2.24) is 10.2 Å². The van der Waals surface area contributed by atoms with Gasteiger partial charge in [0.1, 0.15) is 8.07 Å². The topological polar surface area (TPSA) is 28.7 Å². The minimum atomic E-state index is -1.30. The quantitative estimate of drug-likeness (QED) is 0.807. The van der Waals surface area contributed by atoms with Gasteiger partial charge in [-0.1, -0.05) is 50.0 Å². The Morgan fingerprint density at radius 2 is 1.81 bits per heavy atom. The van der Waals surface area contributed by atoms with Gasteiger partial charge in [-0.15, -0.1) is 0 Å². The van der Waals surface area contributed by atoms with E-state index < -0.39 is 8.07 Å². The molecule has 0 saturated heterocycles. The maximum atomic E-state index is 4.19. The molecule has 1 aromatic carbocycles. The Balaban J connectivity index is 2.26. The third kappa shape index (κ3) is 2.42. The Labute approximate surface area is 97.7 Å². The van der Waals surface area contributed by atoms with E-state index in [1.807, 2.05) is 6.20 Å². The molecular formula is C13H18N2Si. The Morgan fingerprint density at radius 3 is 2.44 bits per heavy atom. The van der Waals surface area contributed by atoms with Gasteiger partial charge >= 0.3 is 0 Å². The first kappa shape index (κ1) is 11.1. The van der Waals surface area contributed by atoms with Crippen LogP contribution in [0.4, 0.5) is 0 Å². The zero-order chi connectivity index (χ0) is 11.6. The molecule has 3 heteroatoms. The molecule has 0 aliphatic rings. The molecule has 0 amide bonds. The number of aromatic nitrogens is 2. The van der Waals surface area contributed by atoms with Crippen LogP contribution in [0.2, 0.25) is 19.6 Å². The Kier molecular flexibility index (Phi) is 2.96. The highest BCUT2D eigenvalue weighted by Crippen LogP contribution is 2.10. The van der Waals surface area contributed by atoms with Crippen molar-refractivity contribution in [2.24, 2.45) is 0 Å². The summed E-state index contributed by atoms with van der Waals surface area (Å²) in [5.41, 5.74) is 2.70. The van der Waals surface area contributed by atoms with Crippen LogP contribution in [0.3, 0.4) is 0 Å². The lowest BCUT2D eigenvalue weighted by Gasteiger charge is -2.15. The molecule has 1 N–H and O–H groups in total. The molecule has 0 radical (unpaired) electrons. The fourth-order valence-electron chi connectivity index (χ4n) is 1.91. The summed E-state index contributed by atoms with van der Waals surface area (Å²) in [6.07, 6.45) is 2.96. The molecule has 0 fully saturated rings. The molecule has 16 heavy (non-hydrogen) atoms. The van der Waals surface area contributed by atoms with Crippen molar-refractivity contribution in [3.8, 4) is 0 Å². The summed E-state index contributed by atoms with van der Waals surface area (Å²) in [5, 5.41) is 8.74. The number of nitrogens with zero attached hydrogens (tertiary/aromatic N) is 1. The van der Waals surface area contributed by atoms with E-state index in [-0.39, 0.29) is 0 Å². The first-order valence-corrected chi connectivity index (χ1v) is 9.14. The van der Waals surface area contributed by atoms with Gasteiger partial charge in [0.15, 0.2) is 0 Å². The lowest BCUT2D eigenvalue weighted by Crippen LogP contribution is -2.41. The van der Waals surface area contributed by atoms with Crippen molar-refractivity contribution in [3.63, 3.8) is 0 Å². The SMILES string of the molecule is C[Si](C)(C)c1[nH]ncc1Cc1ccccc1. The van der Waals surface area contributed by atoms with Crippen molar-refractivity contribution >= 4 is 13.4 Å². The monoisotopic (exact) mass is 230 g/mol. The van der Waals surface area contributed by atoms with Crippen LogP contribution < -0.4 is 5.32 Å². The van der Waals surface area contributed by atoms with Gasteiger partial charge in [-0.3, -0.25) is 5.10 Å². The van der Waals surface area contributed by atoms with Crippen molar-refractivity contribution in [3.05, 3.63) is 47.7 Å². The van der Waals surface area contributed by atoms with E-state index in [0.29, 0.717) is 0 Å². The van der Waals surface area contributed by atoms with Crippen molar-refractivity contribution in [1.29, 1.82) is 0 Å². The standard InChI is InChI=1S/C13H18N2Si/c1-16(2,3)13-12(10-14-15-13)9-11-7-5-4-6-8-11/h4-8,10H,9H2,1-3H3,(H,14,15). The third-order valence-corrected chi connectivity index (χ3v) is 4.64. The minimum Gasteiger partial charge on any atom is -0.287 e. The summed E-state index contributed by atoms with van der Waals surface area (Å²) < 4.78 is 0. The molecule has 0 unspecified atom stereocenters. The highest BCUT2D eigenvalue weighted by molar-refractivity contribution is 6.88. The second-order valence-electron chi connectivity index (χ2n) is 5.18. The second-order valence-corrected chi connectivity index (χ2v) is 10.2. The van der Waals surface area contributed by atoms with Gasteiger partial charge in [-0.2, -0.15) is 5.10 Å². The van der Waals surface area contributed by atoms with Gasteiger partial charge in [-0.05, 0) is 11.1 Å². The van der Waals surface area contributed by atoms with Gasteiger partial charge < -0.3 is 0 Å². The number of nitrogens with one attached hydrogen (secondary N) is 1. The average Bonchev–Trinajstić information content (AvgIpc) is 2.67. The summed E-state index contributed by atoms with van der Waals surface area (Å²) >= 11 is 0. The van der Waals surface area contributed by atoms with Crippen molar-refractivity contribution in [2.75, 3.05) is 0 Å². The molecule has 0 saturated carbocycles. The van der Waals surface area contributed by atoms with E-state index in [9.17, 15) is 0 Å². The van der Waals surface area contributed by atoms with Crippen LogP contribution in [0.5, 0.6) is 0 Å². The fraction of sp³-hybridized carbons (Fsp3) is 0.308. The number of benzene rings is 1. The van der Waals surface area contributed by atoms with Gasteiger partial charge in [-0.25, -0.2) is 0 Å². The largest absolute Gasteiger partial charge is 0.287 e. The molecular weight excluding hydrogens is 212 g/mol. The molecule has 2 rings (SSSR count). The predicted octanol–water partition coefficient (Wildman–Crippen LogP) is 2.55. The second kappa shape index (κ2) is 4.26. The van der Waals surface area contributed by atoms with Crippen LogP contribution in [-0.2, 0) is 6.42 Å². The van der Waals surface area contributed by atoms with Crippen LogP contribution in [0, 0.1) is 0 Å². The zero-order valence-electron chi connectivity index (χ0n) is 10.1. The highest BCUT2D eigenvalue weighted by atomic mass is 28.3. The molecule has 2 aromatic rings. The van der Waals surface area contributed by atoms with Crippen LogP contribution in [0.1, 0.15) is 11.1 Å². The molecule has 2 nitrogen and oxygen atoms in total. The fourth-order valence-corrected chi connectivity index (χ4v) is 3.43. The minimum absolute atomic E-state index is 0.983. The molecule has 84 valence electrons. The highest BCUT2D eigenvalue weighted by Gasteiger charge is 2.22. The maximum absolute atomic E-state index is 4.19. The van der Waals surface area contributed by atoms with Crippen LogP contribution in [0.25, 0.3) is 0 Å². The van der Waals surface area contributed by atoms with Gasteiger partial charge in [0.2, 0.25) is 0 Å². The number of rotatable bonds is 3. The molecule has 0 bridgehead atoms. The Morgan fingerprint density at radius 1 is 1.12 bits per heavy atom. The number of hydrogen-bond donors (Lipinski definition) is 1. The number of aromatic amines is 1. The first-order valence-electron chi connectivity index (χ1n) is 5.64. The summed E-state index contributed by atoms with van der Waals surface area (Å²) in [5.74, 6) is 0. The van der Waals surface area contributed by atoms with Crippen molar-refractivity contribution < 1.29 is 0 Å². The predicted molar refractivity (Wildman–Crippen MR) is 70.8 cm³/mol. The molecule has 1 heterocycles. The molecule has 1 aromatic heterocycles. The first-order chi connectivity index (χ1) is 7.57. The zero-order valence-corrected chi connectivity index (χ0v) is 11.1. The summed E-state index contributed by atoms with van der Waals surface area (Å²) in [6, 6.07) is 10.6. The average molecular weight is 230 g/mol. The Hall–Kier alpha value is -1.35. The van der Waals surface area contributed by atoms with Crippen LogP contribution in [0.15, 0.2) is 36.5 Å². The van der Waals surface area contributed by atoms with Gasteiger partial charge in [0, 0.05) is 11.7 Å². The summed E-state index contributed by atoms with van der Waals surface area (Å²) in [7, 11) is -1.30. The normalized spacial score (nSPS) is 11.7. The lowest BCUT2D eigenvalue weighted by atomic mass is 10.1. The van der Waals surface area contributed by atoms with E-state index in [1.165, 1.54) is 16.4 Å². The van der Waals surface area contributed by atoms with E-state index >= 15 is 0 Å². The summed E-state index contributed by atoms with van der Waals surface area (Å²) in [4.78, 5) is 0. The van der Waals surface area contributed by atoms with Crippen LogP contribution in [-0.4, -0.2) is 18.3 Å². The maximum Gasteiger partial charge on any atom is 0.101 e. The molecule has 0 aliphatic heterocycles. The van der Waals surface area contributed by atoms with E-state index in [4.69, 9.17) is 0 Å². The lowest BCUT2D eigenvalue weighted by molar-refractivity contribution is 1.11. The van der Waals surface area contributed by atoms with Crippen molar-refractivity contribution in [2.45, 2.75) is 26.1 Å². The van der Waals surface area contributed by atoms with E-state index in [1.54, 1.807) is 0 Å². The smallest absolute Gasteiger partial charge is 0.101 e. The molecule has 0 atom stereocenters. The van der Waals surface area contributed by atoms with Gasteiger partial charge in [0.25, 0.3) is 0 Å². The number of H-pyrrole nitrogens is 1. The molecule has 0 aliphatic carbocycles. The summed E-state index contributed by atoms with van der Waals surface area (Å²) in [6.45, 7) is 7.03. The molecule has 0 spiro atoms. The Bertz CT molecular complexity index is 454. The van der Waals surface area contributed by atoms with E-state index in [0.717, 1.165) is 6.42 Å². The van der Waals surface area contributed by atoms with Crippen LogP contribution >= 0.6 is 0 Å². The van der Waals surface area contributed by atoms with E-state index in [2.05, 4.69) is 60.2 Å². The number of hydrogen-bond acceptors (Lipinski definition) is 1. The third-order valence-electron chi connectivity index (χ3n) is 2.71.